The standard InChI is InChI=1S/C7H11N3O4/c1-3(8)6(12)9-5-4(11)2-14-10-7(5)13/h3,5H,2,8H2,1H3,(H,9,12)(H,10,13)/t3-,5?/m0/s1. The summed E-state index contributed by atoms with van der Waals surface area (Å²) in [5, 5.41) is 2.21. The van der Waals surface area contributed by atoms with Crippen molar-refractivity contribution in [2.45, 2.75) is 19.0 Å². The lowest BCUT2D eigenvalue weighted by molar-refractivity contribution is -0.154. The van der Waals surface area contributed by atoms with Gasteiger partial charge in [-0.2, -0.15) is 0 Å². The van der Waals surface area contributed by atoms with Gasteiger partial charge in [-0.1, -0.05) is 0 Å². The maximum absolute atomic E-state index is 11.1. The van der Waals surface area contributed by atoms with Crippen molar-refractivity contribution in [1.29, 1.82) is 0 Å². The molecule has 0 aromatic rings. The van der Waals surface area contributed by atoms with Crippen LogP contribution in [0.5, 0.6) is 0 Å². The second-order valence-corrected chi connectivity index (χ2v) is 2.95. The minimum Gasteiger partial charge on any atom is -0.337 e. The van der Waals surface area contributed by atoms with E-state index in [1.54, 1.807) is 0 Å². The van der Waals surface area contributed by atoms with Crippen LogP contribution in [0.3, 0.4) is 0 Å². The predicted molar refractivity (Wildman–Crippen MR) is 44.7 cm³/mol. The molecule has 0 aromatic carbocycles. The van der Waals surface area contributed by atoms with E-state index in [1.807, 2.05) is 5.48 Å². The first-order valence-electron chi connectivity index (χ1n) is 4.02. The van der Waals surface area contributed by atoms with Crippen LogP contribution in [0.25, 0.3) is 0 Å². The Labute approximate surface area is 79.9 Å². The maximum Gasteiger partial charge on any atom is 0.273 e. The largest absolute Gasteiger partial charge is 0.337 e. The third-order valence-corrected chi connectivity index (χ3v) is 1.67. The van der Waals surface area contributed by atoms with Crippen LogP contribution in [0, 0.1) is 0 Å². The molecule has 7 heteroatoms. The van der Waals surface area contributed by atoms with Crippen molar-refractivity contribution >= 4 is 17.6 Å². The third-order valence-electron chi connectivity index (χ3n) is 1.67. The molecule has 1 aliphatic rings. The first-order valence-corrected chi connectivity index (χ1v) is 4.02. The Morgan fingerprint density at radius 2 is 2.36 bits per heavy atom. The van der Waals surface area contributed by atoms with E-state index in [0.717, 1.165) is 0 Å². The summed E-state index contributed by atoms with van der Waals surface area (Å²) >= 11 is 0. The molecule has 0 bridgehead atoms. The smallest absolute Gasteiger partial charge is 0.273 e. The van der Waals surface area contributed by atoms with Crippen LogP contribution in [-0.2, 0) is 19.2 Å². The van der Waals surface area contributed by atoms with Gasteiger partial charge >= 0.3 is 0 Å². The van der Waals surface area contributed by atoms with E-state index in [9.17, 15) is 14.4 Å². The van der Waals surface area contributed by atoms with Gasteiger partial charge in [0.25, 0.3) is 5.91 Å². The predicted octanol–water partition coefficient (Wildman–Crippen LogP) is -2.55. The summed E-state index contributed by atoms with van der Waals surface area (Å²) in [4.78, 5) is 37.7. The number of ketones is 1. The van der Waals surface area contributed by atoms with Crippen molar-refractivity contribution in [3.63, 3.8) is 0 Å². The van der Waals surface area contributed by atoms with Gasteiger partial charge in [0.15, 0.2) is 11.8 Å². The SMILES string of the molecule is C[C@H](N)C(=O)NC1C(=O)CONC1=O. The van der Waals surface area contributed by atoms with Crippen molar-refractivity contribution in [1.82, 2.24) is 10.8 Å². The molecule has 1 rings (SSSR count). The number of hydrogen-bond donors (Lipinski definition) is 3. The topological polar surface area (TPSA) is 111 Å². The van der Waals surface area contributed by atoms with Crippen molar-refractivity contribution in [3.05, 3.63) is 0 Å². The molecule has 0 radical (unpaired) electrons. The summed E-state index contributed by atoms with van der Waals surface area (Å²) in [7, 11) is 0. The second kappa shape index (κ2) is 4.16. The summed E-state index contributed by atoms with van der Waals surface area (Å²) in [6, 6.07) is -1.96. The summed E-state index contributed by atoms with van der Waals surface area (Å²) in [5.74, 6) is -1.74. The third kappa shape index (κ3) is 2.27. The first-order chi connectivity index (χ1) is 6.52. The van der Waals surface area contributed by atoms with Gasteiger partial charge in [0.1, 0.15) is 6.61 Å². The van der Waals surface area contributed by atoms with Crippen LogP contribution in [0.1, 0.15) is 6.92 Å². The van der Waals surface area contributed by atoms with Gasteiger partial charge < -0.3 is 11.1 Å². The molecule has 0 aromatic heterocycles. The number of hydrogen-bond acceptors (Lipinski definition) is 5. The average Bonchev–Trinajstić information content (AvgIpc) is 2.11. The maximum atomic E-state index is 11.1. The molecule has 7 nitrogen and oxygen atoms in total. The Kier molecular flexibility index (Phi) is 3.15. The zero-order valence-corrected chi connectivity index (χ0v) is 7.57. The second-order valence-electron chi connectivity index (χ2n) is 2.95. The Bertz CT molecular complexity index is 260. The van der Waals surface area contributed by atoms with Crippen molar-refractivity contribution < 1.29 is 19.2 Å². The van der Waals surface area contributed by atoms with Gasteiger partial charge in [-0.15, -0.1) is 0 Å². The highest BCUT2D eigenvalue weighted by atomic mass is 16.7. The van der Waals surface area contributed by atoms with Crippen LogP contribution in [-0.4, -0.2) is 36.3 Å². The summed E-state index contributed by atoms with van der Waals surface area (Å²) in [6.45, 7) is 1.20. The zero-order valence-electron chi connectivity index (χ0n) is 7.57. The van der Waals surface area contributed by atoms with Gasteiger partial charge in [0.05, 0.1) is 6.04 Å². The fraction of sp³-hybridized carbons (Fsp3) is 0.571. The molecule has 2 amide bonds. The monoisotopic (exact) mass is 201 g/mol. The molecule has 0 aliphatic carbocycles. The number of nitrogens with two attached hydrogens (primary N) is 1. The fourth-order valence-electron chi connectivity index (χ4n) is 0.887. The molecule has 1 aliphatic heterocycles. The van der Waals surface area contributed by atoms with Crippen molar-refractivity contribution in [2.75, 3.05) is 6.61 Å². The first kappa shape index (κ1) is 10.6. The summed E-state index contributed by atoms with van der Waals surface area (Å²) < 4.78 is 0. The Morgan fingerprint density at radius 3 is 2.86 bits per heavy atom. The lowest BCUT2D eigenvalue weighted by atomic mass is 10.1. The number of nitrogens with one attached hydrogen (secondary N) is 2. The minimum atomic E-state index is -1.19. The molecule has 1 unspecified atom stereocenters. The molecule has 78 valence electrons. The van der Waals surface area contributed by atoms with Gasteiger partial charge in [-0.25, -0.2) is 5.48 Å². The van der Waals surface area contributed by atoms with Crippen LogP contribution in [0.2, 0.25) is 0 Å². The van der Waals surface area contributed by atoms with Gasteiger partial charge in [-0.05, 0) is 6.92 Å². The number of Topliss-reactive ketones (excluding diaryl/α,β-unsaturated/α-hetero) is 1. The van der Waals surface area contributed by atoms with Gasteiger partial charge in [0, 0.05) is 0 Å². The quantitative estimate of drug-likeness (QED) is 0.426. The number of hydroxylamine groups is 1. The highest BCUT2D eigenvalue weighted by molar-refractivity contribution is 6.09. The van der Waals surface area contributed by atoms with E-state index >= 15 is 0 Å². The summed E-state index contributed by atoms with van der Waals surface area (Å²) in [6.07, 6.45) is 0. The van der Waals surface area contributed by atoms with Crippen LogP contribution in [0.4, 0.5) is 0 Å². The number of rotatable bonds is 2. The normalized spacial score (nSPS) is 24.0. The molecular formula is C7H11N3O4. The number of carbonyl (C=O) groups excluding carboxylic acids is 3. The molecule has 0 saturated carbocycles. The van der Waals surface area contributed by atoms with E-state index in [4.69, 9.17) is 5.73 Å². The Balaban J connectivity index is 2.61. The molecule has 4 N–H and O–H groups in total. The van der Waals surface area contributed by atoms with E-state index < -0.39 is 29.7 Å². The highest BCUT2D eigenvalue weighted by Gasteiger charge is 2.32. The van der Waals surface area contributed by atoms with Crippen molar-refractivity contribution in [3.8, 4) is 0 Å². The van der Waals surface area contributed by atoms with Crippen LogP contribution in [0.15, 0.2) is 0 Å². The van der Waals surface area contributed by atoms with Crippen LogP contribution >= 0.6 is 0 Å². The lowest BCUT2D eigenvalue weighted by Crippen LogP contribution is -2.58. The molecular weight excluding hydrogens is 190 g/mol. The number of amides is 2. The van der Waals surface area contributed by atoms with Gasteiger partial charge in [-0.3, -0.25) is 19.2 Å². The molecule has 1 heterocycles. The summed E-state index contributed by atoms with van der Waals surface area (Å²) in [5.41, 5.74) is 7.25. The molecule has 1 fully saturated rings. The van der Waals surface area contributed by atoms with E-state index in [2.05, 4.69) is 10.2 Å². The van der Waals surface area contributed by atoms with Gasteiger partial charge in [0.2, 0.25) is 5.91 Å². The minimum absolute atomic E-state index is 0.254. The number of carbonyl (C=O) groups is 3. The molecule has 1 saturated heterocycles. The highest BCUT2D eigenvalue weighted by Crippen LogP contribution is 1.95. The Morgan fingerprint density at radius 1 is 1.71 bits per heavy atom. The molecule has 2 atom stereocenters. The average molecular weight is 201 g/mol. The lowest BCUT2D eigenvalue weighted by Gasteiger charge is -2.21. The van der Waals surface area contributed by atoms with E-state index in [-0.39, 0.29) is 6.61 Å². The molecule has 0 spiro atoms. The van der Waals surface area contributed by atoms with Crippen LogP contribution < -0.4 is 16.5 Å². The van der Waals surface area contributed by atoms with E-state index in [0.29, 0.717) is 0 Å². The molecule has 14 heavy (non-hydrogen) atoms. The van der Waals surface area contributed by atoms with E-state index in [1.165, 1.54) is 6.92 Å². The Hall–Kier alpha value is -1.47. The van der Waals surface area contributed by atoms with Crippen molar-refractivity contribution in [2.24, 2.45) is 5.73 Å². The fourth-order valence-corrected chi connectivity index (χ4v) is 0.887. The zero-order chi connectivity index (χ0) is 10.7.